The third-order valence-electron chi connectivity index (χ3n) is 5.84. The molecule has 1 heterocycles. The Morgan fingerprint density at radius 1 is 1.11 bits per heavy atom. The summed E-state index contributed by atoms with van der Waals surface area (Å²) in [5, 5.41) is 9.41. The average Bonchev–Trinajstić information content (AvgIpc) is 3.05. The third-order valence-corrected chi connectivity index (χ3v) is 5.84. The first-order chi connectivity index (χ1) is 13.8. The molecule has 0 radical (unpaired) electrons. The van der Waals surface area contributed by atoms with Crippen molar-refractivity contribution in [2.24, 2.45) is 11.8 Å². The van der Waals surface area contributed by atoms with Gasteiger partial charge in [0.2, 0.25) is 0 Å². The van der Waals surface area contributed by atoms with Crippen molar-refractivity contribution in [1.29, 1.82) is 0 Å². The van der Waals surface area contributed by atoms with E-state index in [0.717, 1.165) is 44.5 Å². The molecule has 0 spiro atoms. The smallest absolute Gasteiger partial charge is 0.162 e. The zero-order valence-corrected chi connectivity index (χ0v) is 17.0. The molecule has 1 saturated heterocycles. The molecule has 0 bridgehead atoms. The van der Waals surface area contributed by atoms with E-state index in [1.54, 1.807) is 14.2 Å². The predicted octanol–water partition coefficient (Wildman–Crippen LogP) is 3.37. The fourth-order valence-electron chi connectivity index (χ4n) is 4.55. The highest BCUT2D eigenvalue weighted by Crippen LogP contribution is 2.43. The summed E-state index contributed by atoms with van der Waals surface area (Å²) in [5.74, 6) is 1.02. The number of benzene rings is 1. The number of hydrogen-bond acceptors (Lipinski definition) is 6. The van der Waals surface area contributed by atoms with Crippen LogP contribution in [0.4, 0.5) is 0 Å². The zero-order valence-electron chi connectivity index (χ0n) is 17.0. The minimum Gasteiger partial charge on any atom is -0.490 e. The molecule has 1 aliphatic carbocycles. The van der Waals surface area contributed by atoms with Gasteiger partial charge >= 0.3 is 0 Å². The van der Waals surface area contributed by atoms with Gasteiger partial charge in [-0.3, -0.25) is 0 Å². The lowest BCUT2D eigenvalue weighted by Gasteiger charge is -2.33. The van der Waals surface area contributed by atoms with Crippen LogP contribution in [0.1, 0.15) is 38.5 Å². The molecule has 3 rings (SSSR count). The highest BCUT2D eigenvalue weighted by Gasteiger charge is 2.50. The molecular formula is C22H34O6. The van der Waals surface area contributed by atoms with Gasteiger partial charge in [-0.25, -0.2) is 0 Å². The standard InChI is InChI=1S/C22H34O6/c1-24-22(25-2)21-17(11-8-13-23)18(27-16-9-4-3-5-10-16)15-19(21)28-20-12-6-7-14-26-20/h3-5,9-10,17-23H,6-8,11-15H2,1-2H3/t17-,18+,19+,20?,21+/m1/s1. The van der Waals surface area contributed by atoms with E-state index < -0.39 is 0 Å². The van der Waals surface area contributed by atoms with Crippen molar-refractivity contribution in [3.63, 3.8) is 0 Å². The molecule has 1 aliphatic heterocycles. The van der Waals surface area contributed by atoms with Crippen molar-refractivity contribution in [1.82, 2.24) is 0 Å². The maximum atomic E-state index is 9.41. The van der Waals surface area contributed by atoms with Crippen molar-refractivity contribution in [2.75, 3.05) is 27.4 Å². The Morgan fingerprint density at radius 3 is 2.54 bits per heavy atom. The van der Waals surface area contributed by atoms with Crippen LogP contribution in [0.15, 0.2) is 30.3 Å². The molecule has 1 unspecified atom stereocenters. The van der Waals surface area contributed by atoms with Gasteiger partial charge in [0.1, 0.15) is 11.9 Å². The fraction of sp³-hybridized carbons (Fsp3) is 0.727. The third kappa shape index (κ3) is 5.45. The first-order valence-electron chi connectivity index (χ1n) is 10.4. The molecule has 1 saturated carbocycles. The van der Waals surface area contributed by atoms with Crippen LogP contribution >= 0.6 is 0 Å². The highest BCUT2D eigenvalue weighted by atomic mass is 16.7. The number of para-hydroxylation sites is 1. The lowest BCUT2D eigenvalue weighted by molar-refractivity contribution is -0.227. The summed E-state index contributed by atoms with van der Waals surface area (Å²) in [5.41, 5.74) is 0. The number of aliphatic hydroxyl groups excluding tert-OH is 1. The van der Waals surface area contributed by atoms with Crippen LogP contribution in [0.5, 0.6) is 5.75 Å². The van der Waals surface area contributed by atoms with Crippen LogP contribution in [-0.4, -0.2) is 57.3 Å². The van der Waals surface area contributed by atoms with Gasteiger partial charge in [0.15, 0.2) is 12.6 Å². The van der Waals surface area contributed by atoms with E-state index in [-0.39, 0.29) is 43.2 Å². The van der Waals surface area contributed by atoms with Gasteiger partial charge in [-0.2, -0.15) is 0 Å². The second-order valence-electron chi connectivity index (χ2n) is 7.62. The van der Waals surface area contributed by atoms with E-state index in [0.29, 0.717) is 6.42 Å². The molecule has 2 aliphatic rings. The van der Waals surface area contributed by atoms with Crippen molar-refractivity contribution >= 4 is 0 Å². The minimum atomic E-state index is -0.387. The van der Waals surface area contributed by atoms with E-state index in [2.05, 4.69) is 0 Å². The topological polar surface area (TPSA) is 66.4 Å². The fourth-order valence-corrected chi connectivity index (χ4v) is 4.55. The number of ether oxygens (including phenoxy) is 5. The van der Waals surface area contributed by atoms with E-state index in [1.807, 2.05) is 30.3 Å². The van der Waals surface area contributed by atoms with Gasteiger partial charge in [-0.15, -0.1) is 0 Å². The quantitative estimate of drug-likeness (QED) is 0.614. The van der Waals surface area contributed by atoms with Crippen molar-refractivity contribution in [3.8, 4) is 5.75 Å². The Morgan fingerprint density at radius 2 is 1.89 bits per heavy atom. The molecule has 1 N–H and O–H groups in total. The van der Waals surface area contributed by atoms with Crippen LogP contribution in [-0.2, 0) is 18.9 Å². The minimum absolute atomic E-state index is 0.0146. The summed E-state index contributed by atoms with van der Waals surface area (Å²) in [7, 11) is 3.33. The van der Waals surface area contributed by atoms with Gasteiger partial charge in [0, 0.05) is 45.7 Å². The van der Waals surface area contributed by atoms with E-state index >= 15 is 0 Å². The van der Waals surface area contributed by atoms with Gasteiger partial charge in [-0.05, 0) is 44.2 Å². The van der Waals surface area contributed by atoms with Crippen LogP contribution in [0.3, 0.4) is 0 Å². The summed E-state index contributed by atoms with van der Waals surface area (Å²) >= 11 is 0. The molecule has 1 aromatic carbocycles. The molecule has 5 atom stereocenters. The Labute approximate surface area is 168 Å². The maximum absolute atomic E-state index is 9.41. The lowest BCUT2D eigenvalue weighted by atomic mass is 9.88. The second kappa shape index (κ2) is 11.1. The van der Waals surface area contributed by atoms with Gasteiger partial charge < -0.3 is 28.8 Å². The normalized spacial score (nSPS) is 30.6. The monoisotopic (exact) mass is 394 g/mol. The van der Waals surface area contributed by atoms with Crippen molar-refractivity contribution < 1.29 is 28.8 Å². The van der Waals surface area contributed by atoms with Gasteiger partial charge in [-0.1, -0.05) is 18.2 Å². The molecule has 2 fully saturated rings. The van der Waals surface area contributed by atoms with Crippen LogP contribution in [0, 0.1) is 11.8 Å². The van der Waals surface area contributed by atoms with Gasteiger partial charge in [0.05, 0.1) is 6.10 Å². The first kappa shape index (κ1) is 21.5. The Bertz CT molecular complexity index is 543. The number of rotatable bonds is 10. The van der Waals surface area contributed by atoms with Gasteiger partial charge in [0.25, 0.3) is 0 Å². The Balaban J connectivity index is 1.79. The second-order valence-corrected chi connectivity index (χ2v) is 7.62. The average molecular weight is 395 g/mol. The van der Waals surface area contributed by atoms with E-state index in [1.165, 1.54) is 0 Å². The Kier molecular flexibility index (Phi) is 8.55. The first-order valence-corrected chi connectivity index (χ1v) is 10.4. The van der Waals surface area contributed by atoms with Crippen LogP contribution in [0.2, 0.25) is 0 Å². The van der Waals surface area contributed by atoms with Crippen LogP contribution in [0.25, 0.3) is 0 Å². The van der Waals surface area contributed by atoms with E-state index in [4.69, 9.17) is 23.7 Å². The SMILES string of the molecule is COC(OC)[C@H]1[C@H](CCCO)[C@@H](Oc2ccccc2)C[C@@H]1OC1CCCCO1. The molecule has 158 valence electrons. The van der Waals surface area contributed by atoms with Crippen LogP contribution < -0.4 is 4.74 Å². The Hall–Kier alpha value is -1.18. The summed E-state index contributed by atoms with van der Waals surface area (Å²) in [6, 6.07) is 9.87. The van der Waals surface area contributed by atoms with Crippen molar-refractivity contribution in [2.45, 2.75) is 63.3 Å². The number of hydrogen-bond donors (Lipinski definition) is 1. The summed E-state index contributed by atoms with van der Waals surface area (Å²) in [6.07, 6.45) is 4.74. The molecule has 0 amide bonds. The highest BCUT2D eigenvalue weighted by molar-refractivity contribution is 5.21. The number of aliphatic hydroxyl groups is 1. The largest absolute Gasteiger partial charge is 0.490 e. The lowest BCUT2D eigenvalue weighted by Crippen LogP contribution is -2.39. The molecule has 1 aromatic rings. The molecule has 6 nitrogen and oxygen atoms in total. The van der Waals surface area contributed by atoms with E-state index in [9.17, 15) is 5.11 Å². The number of methoxy groups -OCH3 is 2. The zero-order chi connectivity index (χ0) is 19.8. The summed E-state index contributed by atoms with van der Waals surface area (Å²) in [6.45, 7) is 0.904. The summed E-state index contributed by atoms with van der Waals surface area (Å²) < 4.78 is 29.9. The molecule has 6 heteroatoms. The molecule has 0 aromatic heterocycles. The molecule has 28 heavy (non-hydrogen) atoms. The predicted molar refractivity (Wildman–Crippen MR) is 105 cm³/mol. The summed E-state index contributed by atoms with van der Waals surface area (Å²) in [4.78, 5) is 0. The maximum Gasteiger partial charge on any atom is 0.162 e. The van der Waals surface area contributed by atoms with Crippen molar-refractivity contribution in [3.05, 3.63) is 30.3 Å². The molecular weight excluding hydrogens is 360 g/mol.